The number of carbonyl (C=O) groups is 2. The monoisotopic (exact) mass is 719 g/mol. The van der Waals surface area contributed by atoms with Crippen molar-refractivity contribution in [3.05, 3.63) is 129 Å². The van der Waals surface area contributed by atoms with Crippen LogP contribution in [0.15, 0.2) is 95.9 Å². The third kappa shape index (κ3) is 9.04. The van der Waals surface area contributed by atoms with Crippen molar-refractivity contribution in [1.82, 2.24) is 10.2 Å². The molecule has 0 spiro atoms. The van der Waals surface area contributed by atoms with Crippen LogP contribution in [-0.4, -0.2) is 43.8 Å². The minimum absolute atomic E-state index is 0.00908. The fourth-order valence-electron chi connectivity index (χ4n) is 6.29. The fraction of sp³-hybridized carbons (Fsp3) is 0.333. The molecule has 1 aliphatic rings. The van der Waals surface area contributed by atoms with Gasteiger partial charge in [0.1, 0.15) is 12.6 Å². The van der Waals surface area contributed by atoms with Crippen LogP contribution >= 0.6 is 23.2 Å². The zero-order valence-corrected chi connectivity index (χ0v) is 30.5. The molecule has 4 aromatic rings. The van der Waals surface area contributed by atoms with Crippen molar-refractivity contribution in [2.45, 2.75) is 82.8 Å². The summed E-state index contributed by atoms with van der Waals surface area (Å²) in [5, 5.41) is 3.91. The lowest BCUT2D eigenvalue weighted by molar-refractivity contribution is -0.140. The van der Waals surface area contributed by atoms with E-state index in [1.165, 1.54) is 9.21 Å². The maximum absolute atomic E-state index is 14.8. The first-order valence-corrected chi connectivity index (χ1v) is 18.9. The number of halogens is 2. The van der Waals surface area contributed by atoms with Gasteiger partial charge in [0.05, 0.1) is 20.6 Å². The normalized spacial score (nSPS) is 14.2. The van der Waals surface area contributed by atoms with Gasteiger partial charge in [0, 0.05) is 19.0 Å². The van der Waals surface area contributed by atoms with Crippen LogP contribution in [0.3, 0.4) is 0 Å². The lowest BCUT2D eigenvalue weighted by Gasteiger charge is -2.35. The molecule has 4 aromatic carbocycles. The van der Waals surface area contributed by atoms with Gasteiger partial charge in [-0.05, 0) is 86.2 Å². The summed E-state index contributed by atoms with van der Waals surface area (Å²) in [4.78, 5) is 30.7. The molecule has 1 fully saturated rings. The molecule has 49 heavy (non-hydrogen) atoms. The SMILES string of the molecule is Cc1ccc(S(=O)(=O)N(CC(=O)N(Cc2ccc(Cl)c(Cl)c2)[C@@H](Cc2ccccc2)C(=O)NC2CCCCC2)c2cccc(C)c2C)cc1. The summed E-state index contributed by atoms with van der Waals surface area (Å²) in [5.41, 5.74) is 4.46. The van der Waals surface area contributed by atoms with Crippen molar-refractivity contribution in [2.24, 2.45) is 0 Å². The minimum atomic E-state index is -4.20. The molecule has 1 saturated carbocycles. The Morgan fingerprint density at radius 3 is 2.18 bits per heavy atom. The summed E-state index contributed by atoms with van der Waals surface area (Å²) in [5.74, 6) is -0.800. The molecule has 1 aliphatic carbocycles. The van der Waals surface area contributed by atoms with Crippen molar-refractivity contribution >= 4 is 50.7 Å². The van der Waals surface area contributed by atoms with Crippen LogP contribution in [0.4, 0.5) is 5.69 Å². The van der Waals surface area contributed by atoms with Gasteiger partial charge in [0.15, 0.2) is 0 Å². The zero-order chi connectivity index (χ0) is 35.1. The number of benzene rings is 4. The summed E-state index contributed by atoms with van der Waals surface area (Å²) in [6.45, 7) is 5.12. The zero-order valence-electron chi connectivity index (χ0n) is 28.2. The van der Waals surface area contributed by atoms with Gasteiger partial charge in [-0.2, -0.15) is 0 Å². The van der Waals surface area contributed by atoms with Crippen LogP contribution < -0.4 is 9.62 Å². The molecule has 0 aliphatic heterocycles. The van der Waals surface area contributed by atoms with Crippen LogP contribution in [0.1, 0.15) is 59.9 Å². The Kier molecular flexibility index (Phi) is 12.1. The molecule has 10 heteroatoms. The molecule has 1 N–H and O–H groups in total. The van der Waals surface area contributed by atoms with E-state index in [0.717, 1.165) is 54.4 Å². The largest absolute Gasteiger partial charge is 0.352 e. The number of amides is 2. The Morgan fingerprint density at radius 1 is 0.816 bits per heavy atom. The van der Waals surface area contributed by atoms with Crippen LogP contribution in [0.2, 0.25) is 10.0 Å². The Labute approximate surface area is 300 Å². The van der Waals surface area contributed by atoms with Crippen molar-refractivity contribution < 1.29 is 18.0 Å². The van der Waals surface area contributed by atoms with Crippen LogP contribution in [0.5, 0.6) is 0 Å². The number of carbonyl (C=O) groups excluding carboxylic acids is 2. The van der Waals surface area contributed by atoms with E-state index in [1.807, 2.05) is 57.2 Å². The standard InChI is InChI=1S/C39H43Cl2N3O4S/c1-27-17-20-33(21-18-27)49(47,48)44(36-16-10-11-28(2)29(36)3)26-38(45)43(25-31-19-22-34(40)35(41)23-31)37(24-30-12-6-4-7-13-30)39(46)42-32-14-8-5-9-15-32/h4,6-7,10-13,16-23,32,37H,5,8-9,14-15,24-26H2,1-3H3,(H,42,46)/t37-/m0/s1. The molecule has 0 aromatic heterocycles. The van der Waals surface area contributed by atoms with Crippen molar-refractivity contribution in [2.75, 3.05) is 10.8 Å². The molecular formula is C39H43Cl2N3O4S. The summed E-state index contributed by atoms with van der Waals surface area (Å²) in [7, 11) is -4.20. The van der Waals surface area contributed by atoms with E-state index in [9.17, 15) is 18.0 Å². The smallest absolute Gasteiger partial charge is 0.264 e. The second kappa shape index (κ2) is 16.2. The molecule has 2 amide bonds. The number of aryl methyl sites for hydroxylation is 2. The van der Waals surface area contributed by atoms with E-state index in [1.54, 1.807) is 54.6 Å². The second-order valence-corrected chi connectivity index (χ2v) is 15.5. The molecule has 1 atom stereocenters. The first kappa shape index (κ1) is 36.4. The highest BCUT2D eigenvalue weighted by molar-refractivity contribution is 7.92. The molecule has 7 nitrogen and oxygen atoms in total. The van der Waals surface area contributed by atoms with E-state index < -0.39 is 28.5 Å². The number of anilines is 1. The van der Waals surface area contributed by atoms with Crippen LogP contribution in [-0.2, 0) is 32.6 Å². The third-order valence-electron chi connectivity index (χ3n) is 9.29. The second-order valence-electron chi connectivity index (χ2n) is 12.9. The molecule has 5 rings (SSSR count). The number of nitrogens with zero attached hydrogens (tertiary/aromatic N) is 2. The maximum atomic E-state index is 14.8. The fourth-order valence-corrected chi connectivity index (χ4v) is 8.08. The highest BCUT2D eigenvalue weighted by atomic mass is 35.5. The molecule has 0 saturated heterocycles. The van der Waals surface area contributed by atoms with Crippen LogP contribution in [0, 0.1) is 20.8 Å². The van der Waals surface area contributed by atoms with Gasteiger partial charge < -0.3 is 10.2 Å². The van der Waals surface area contributed by atoms with E-state index >= 15 is 0 Å². The quantitative estimate of drug-likeness (QED) is 0.160. The first-order valence-electron chi connectivity index (χ1n) is 16.7. The summed E-state index contributed by atoms with van der Waals surface area (Å²) >= 11 is 12.7. The number of nitrogens with one attached hydrogen (secondary N) is 1. The molecular weight excluding hydrogens is 677 g/mol. The van der Waals surface area contributed by atoms with E-state index in [2.05, 4.69) is 5.32 Å². The average Bonchev–Trinajstić information content (AvgIpc) is 3.09. The Hall–Kier alpha value is -3.85. The number of hydrogen-bond donors (Lipinski definition) is 1. The van der Waals surface area contributed by atoms with Crippen molar-refractivity contribution in [1.29, 1.82) is 0 Å². The number of sulfonamides is 1. The van der Waals surface area contributed by atoms with Gasteiger partial charge in [0.25, 0.3) is 10.0 Å². The molecule has 0 radical (unpaired) electrons. The third-order valence-corrected chi connectivity index (χ3v) is 11.8. The molecule has 0 heterocycles. The van der Waals surface area contributed by atoms with Gasteiger partial charge in [-0.15, -0.1) is 0 Å². The Bertz CT molecular complexity index is 1880. The lowest BCUT2D eigenvalue weighted by Crippen LogP contribution is -2.55. The van der Waals surface area contributed by atoms with Gasteiger partial charge in [0.2, 0.25) is 11.8 Å². The van der Waals surface area contributed by atoms with E-state index in [4.69, 9.17) is 23.2 Å². The summed E-state index contributed by atoms with van der Waals surface area (Å²) in [6.07, 6.45) is 5.18. The molecule has 258 valence electrons. The van der Waals surface area contributed by atoms with Gasteiger partial charge >= 0.3 is 0 Å². The lowest BCUT2D eigenvalue weighted by atomic mass is 9.94. The minimum Gasteiger partial charge on any atom is -0.352 e. The Balaban J connectivity index is 1.60. The van der Waals surface area contributed by atoms with Crippen molar-refractivity contribution in [3.8, 4) is 0 Å². The molecule has 0 unspecified atom stereocenters. The van der Waals surface area contributed by atoms with E-state index in [0.29, 0.717) is 21.3 Å². The average molecular weight is 721 g/mol. The number of rotatable bonds is 12. The van der Waals surface area contributed by atoms with Crippen molar-refractivity contribution in [3.63, 3.8) is 0 Å². The topological polar surface area (TPSA) is 86.8 Å². The van der Waals surface area contributed by atoms with E-state index in [-0.39, 0.29) is 29.8 Å². The highest BCUT2D eigenvalue weighted by Gasteiger charge is 2.36. The predicted octanol–water partition coefficient (Wildman–Crippen LogP) is 8.20. The first-order chi connectivity index (χ1) is 23.4. The summed E-state index contributed by atoms with van der Waals surface area (Å²) < 4.78 is 30.0. The Morgan fingerprint density at radius 2 is 1.51 bits per heavy atom. The van der Waals surface area contributed by atoms with Crippen LogP contribution in [0.25, 0.3) is 0 Å². The van der Waals surface area contributed by atoms with Gasteiger partial charge in [-0.1, -0.05) is 109 Å². The summed E-state index contributed by atoms with van der Waals surface area (Å²) in [6, 6.07) is 25.7. The maximum Gasteiger partial charge on any atom is 0.264 e. The molecule has 0 bridgehead atoms. The highest BCUT2D eigenvalue weighted by Crippen LogP contribution is 2.30. The van der Waals surface area contributed by atoms with Gasteiger partial charge in [-0.25, -0.2) is 8.42 Å². The predicted molar refractivity (Wildman–Crippen MR) is 198 cm³/mol. The number of hydrogen-bond acceptors (Lipinski definition) is 4. The van der Waals surface area contributed by atoms with Gasteiger partial charge in [-0.3, -0.25) is 13.9 Å².